The Morgan fingerprint density at radius 3 is 2.87 bits per heavy atom. The molecule has 0 spiro atoms. The van der Waals surface area contributed by atoms with Gasteiger partial charge in [0.15, 0.2) is 0 Å². The van der Waals surface area contributed by atoms with Gasteiger partial charge in [-0.2, -0.15) is 0 Å². The predicted molar refractivity (Wildman–Crippen MR) is 59.4 cm³/mol. The van der Waals surface area contributed by atoms with Gasteiger partial charge < -0.3 is 4.98 Å². The maximum Gasteiger partial charge on any atom is 0.328 e. The molecule has 15 heavy (non-hydrogen) atoms. The summed E-state index contributed by atoms with van der Waals surface area (Å²) >= 11 is 1.60. The maximum absolute atomic E-state index is 11.3. The molecule has 1 N–H and O–H groups in total. The fraction of sp³-hybridized carbons (Fsp3) is 0.200. The zero-order valence-corrected chi connectivity index (χ0v) is 9.00. The number of hydrogen-bond donors (Lipinski definition) is 1. The third-order valence-corrected chi connectivity index (χ3v) is 3.02. The summed E-state index contributed by atoms with van der Waals surface area (Å²) in [7, 11) is 1.45. The second-order valence-electron chi connectivity index (χ2n) is 3.25. The molecule has 4 nitrogen and oxygen atoms in total. The van der Waals surface area contributed by atoms with Crippen LogP contribution >= 0.6 is 11.3 Å². The summed E-state index contributed by atoms with van der Waals surface area (Å²) in [5, 5.41) is 1.97. The molecule has 0 unspecified atom stereocenters. The van der Waals surface area contributed by atoms with Crippen molar-refractivity contribution in [1.82, 2.24) is 9.55 Å². The number of thiophene rings is 1. The van der Waals surface area contributed by atoms with Crippen molar-refractivity contribution in [2.24, 2.45) is 7.05 Å². The third kappa shape index (κ3) is 2.07. The van der Waals surface area contributed by atoms with E-state index >= 15 is 0 Å². The first kappa shape index (κ1) is 9.92. The third-order valence-electron chi connectivity index (χ3n) is 2.15. The largest absolute Gasteiger partial charge is 0.328 e. The van der Waals surface area contributed by atoms with Crippen molar-refractivity contribution in [3.8, 4) is 0 Å². The van der Waals surface area contributed by atoms with E-state index in [0.717, 1.165) is 9.44 Å². The van der Waals surface area contributed by atoms with Crippen LogP contribution in [0, 0.1) is 0 Å². The van der Waals surface area contributed by atoms with E-state index in [4.69, 9.17) is 0 Å². The number of H-pyrrole nitrogens is 1. The molecule has 0 aliphatic carbocycles. The van der Waals surface area contributed by atoms with Gasteiger partial charge in [0.25, 0.3) is 5.56 Å². The predicted octanol–water partition coefficient (Wildman–Crippen LogP) is 0.726. The highest BCUT2D eigenvalue weighted by Crippen LogP contribution is 2.11. The number of hydrogen-bond acceptors (Lipinski definition) is 3. The van der Waals surface area contributed by atoms with Crippen LogP contribution in [0.1, 0.15) is 10.6 Å². The topological polar surface area (TPSA) is 54.9 Å². The molecule has 0 fully saturated rings. The lowest BCUT2D eigenvalue weighted by molar-refractivity contribution is 0.759. The summed E-state index contributed by atoms with van der Waals surface area (Å²) in [5.41, 5.74) is 0.0184. The Kier molecular flexibility index (Phi) is 2.55. The first-order valence-corrected chi connectivity index (χ1v) is 5.36. The smallest absolute Gasteiger partial charge is 0.311 e. The van der Waals surface area contributed by atoms with Crippen LogP contribution in [-0.4, -0.2) is 9.55 Å². The molecule has 0 saturated carbocycles. The average Bonchev–Trinajstić information content (AvgIpc) is 2.66. The number of nitrogens with zero attached hydrogens (tertiary/aromatic N) is 1. The highest BCUT2D eigenvalue weighted by molar-refractivity contribution is 7.09. The Labute approximate surface area is 89.8 Å². The van der Waals surface area contributed by atoms with Crippen LogP contribution in [0.25, 0.3) is 0 Å². The van der Waals surface area contributed by atoms with Crippen LogP contribution in [0.3, 0.4) is 0 Å². The van der Waals surface area contributed by atoms with Crippen molar-refractivity contribution in [1.29, 1.82) is 0 Å². The van der Waals surface area contributed by atoms with E-state index in [0.29, 0.717) is 12.1 Å². The minimum Gasteiger partial charge on any atom is -0.311 e. The molecule has 78 valence electrons. The van der Waals surface area contributed by atoms with Crippen molar-refractivity contribution in [2.75, 3.05) is 0 Å². The fourth-order valence-electron chi connectivity index (χ4n) is 1.30. The summed E-state index contributed by atoms with van der Waals surface area (Å²) in [4.78, 5) is 26.4. The molecule has 0 aromatic carbocycles. The van der Waals surface area contributed by atoms with Crippen LogP contribution in [0.2, 0.25) is 0 Å². The average molecular weight is 222 g/mol. The maximum atomic E-state index is 11.3. The van der Waals surface area contributed by atoms with Gasteiger partial charge in [-0.25, -0.2) is 4.79 Å². The molecule has 0 aliphatic heterocycles. The van der Waals surface area contributed by atoms with E-state index in [1.165, 1.54) is 13.1 Å². The summed E-state index contributed by atoms with van der Waals surface area (Å²) in [6.07, 6.45) is 0.600. The van der Waals surface area contributed by atoms with Gasteiger partial charge >= 0.3 is 5.69 Å². The van der Waals surface area contributed by atoms with E-state index in [1.54, 1.807) is 11.3 Å². The number of nitrogens with one attached hydrogen (secondary N) is 1. The Hall–Kier alpha value is -1.62. The van der Waals surface area contributed by atoms with E-state index in [2.05, 4.69) is 4.98 Å². The van der Waals surface area contributed by atoms with Gasteiger partial charge in [-0.1, -0.05) is 6.07 Å². The molecule has 2 heterocycles. The minimum atomic E-state index is -0.367. The Morgan fingerprint density at radius 1 is 1.47 bits per heavy atom. The van der Waals surface area contributed by atoms with E-state index in [-0.39, 0.29) is 11.2 Å². The molecule has 2 aromatic heterocycles. The number of aromatic nitrogens is 2. The van der Waals surface area contributed by atoms with Crippen molar-refractivity contribution >= 4 is 11.3 Å². The molecule has 0 atom stereocenters. The van der Waals surface area contributed by atoms with E-state index in [9.17, 15) is 9.59 Å². The number of aromatic amines is 1. The second kappa shape index (κ2) is 3.86. The van der Waals surface area contributed by atoms with Gasteiger partial charge in [-0.3, -0.25) is 9.36 Å². The molecule has 0 saturated heterocycles. The molecule has 2 rings (SSSR count). The zero-order valence-electron chi connectivity index (χ0n) is 8.19. The van der Waals surface area contributed by atoms with Crippen LogP contribution < -0.4 is 11.2 Å². The lowest BCUT2D eigenvalue weighted by Crippen LogP contribution is -2.32. The summed E-state index contributed by atoms with van der Waals surface area (Å²) in [6.45, 7) is 0. The summed E-state index contributed by atoms with van der Waals surface area (Å²) in [6, 6.07) is 5.38. The van der Waals surface area contributed by atoms with Crippen molar-refractivity contribution in [2.45, 2.75) is 6.42 Å². The molecule has 0 radical (unpaired) electrons. The molecule has 5 heteroatoms. The fourth-order valence-corrected chi connectivity index (χ4v) is 2.03. The van der Waals surface area contributed by atoms with Gasteiger partial charge in [0.1, 0.15) is 0 Å². The van der Waals surface area contributed by atoms with Gasteiger partial charge in [0.2, 0.25) is 0 Å². The first-order chi connectivity index (χ1) is 7.16. The van der Waals surface area contributed by atoms with Gasteiger partial charge in [0.05, 0.1) is 0 Å². The minimum absolute atomic E-state index is 0.273. The molecule has 2 aromatic rings. The molecular formula is C10H10N2O2S. The van der Waals surface area contributed by atoms with Crippen molar-refractivity contribution < 1.29 is 0 Å². The molecule has 0 bridgehead atoms. The van der Waals surface area contributed by atoms with Gasteiger partial charge in [-0.15, -0.1) is 11.3 Å². The lowest BCUT2D eigenvalue weighted by atomic mass is 10.2. The Balaban J connectivity index is 2.39. The van der Waals surface area contributed by atoms with Crippen molar-refractivity contribution in [3.63, 3.8) is 0 Å². The summed E-state index contributed by atoms with van der Waals surface area (Å²) in [5.74, 6) is 0. The van der Waals surface area contributed by atoms with Crippen LogP contribution in [0.15, 0.2) is 33.2 Å². The highest BCUT2D eigenvalue weighted by atomic mass is 32.1. The Morgan fingerprint density at radius 2 is 2.27 bits per heavy atom. The lowest BCUT2D eigenvalue weighted by Gasteiger charge is -2.00. The SMILES string of the molecule is Cn1c(=O)cc(Cc2cccs2)[nH]c1=O. The second-order valence-corrected chi connectivity index (χ2v) is 4.29. The normalized spacial score (nSPS) is 10.5. The highest BCUT2D eigenvalue weighted by Gasteiger charge is 2.02. The van der Waals surface area contributed by atoms with Crippen LogP contribution in [0.4, 0.5) is 0 Å². The summed E-state index contributed by atoms with van der Waals surface area (Å²) < 4.78 is 1.05. The van der Waals surface area contributed by atoms with Crippen LogP contribution in [0.5, 0.6) is 0 Å². The van der Waals surface area contributed by atoms with Gasteiger partial charge in [0, 0.05) is 30.1 Å². The molecule has 0 aliphatic rings. The molecule has 0 amide bonds. The zero-order chi connectivity index (χ0) is 10.8. The standard InChI is InChI=1S/C10H10N2O2S/c1-12-9(13)6-7(11-10(12)14)5-8-3-2-4-15-8/h2-4,6H,5H2,1H3,(H,11,14). The van der Waals surface area contributed by atoms with E-state index < -0.39 is 0 Å². The first-order valence-electron chi connectivity index (χ1n) is 4.48. The van der Waals surface area contributed by atoms with Crippen LogP contribution in [-0.2, 0) is 13.5 Å². The Bertz CT molecular complexity index is 535. The molecular weight excluding hydrogens is 212 g/mol. The monoisotopic (exact) mass is 222 g/mol. The van der Waals surface area contributed by atoms with Gasteiger partial charge in [-0.05, 0) is 11.4 Å². The van der Waals surface area contributed by atoms with Crippen molar-refractivity contribution in [3.05, 3.63) is 55.0 Å². The quantitative estimate of drug-likeness (QED) is 0.814. The number of rotatable bonds is 2. The van der Waals surface area contributed by atoms with E-state index in [1.807, 2.05) is 17.5 Å².